The van der Waals surface area contributed by atoms with E-state index in [0.29, 0.717) is 18.4 Å². The summed E-state index contributed by atoms with van der Waals surface area (Å²) >= 11 is 0. The zero-order valence-electron chi connectivity index (χ0n) is 15.1. The van der Waals surface area contributed by atoms with Crippen LogP contribution in [-0.2, 0) is 9.59 Å². The molecule has 5 heteroatoms. The van der Waals surface area contributed by atoms with Crippen LogP contribution < -0.4 is 10.1 Å². The number of phenols is 1. The summed E-state index contributed by atoms with van der Waals surface area (Å²) in [5.74, 6) is 0.682. The van der Waals surface area contributed by atoms with Gasteiger partial charge in [-0.25, -0.2) is 0 Å². The van der Waals surface area contributed by atoms with Crippen LogP contribution in [-0.4, -0.2) is 23.9 Å². The highest BCUT2D eigenvalue weighted by molar-refractivity contribution is 6.02. The Morgan fingerprint density at radius 1 is 1.00 bits per heavy atom. The molecule has 2 aromatic rings. The van der Waals surface area contributed by atoms with E-state index in [0.717, 1.165) is 22.6 Å². The number of hydrogen-bond donors (Lipinski definition) is 2. The molecular formula is C22H21NO4. The Hall–Kier alpha value is -3.08. The Bertz CT molecular complexity index is 930. The second kappa shape index (κ2) is 6.91. The van der Waals surface area contributed by atoms with Gasteiger partial charge in [-0.05, 0) is 47.7 Å². The van der Waals surface area contributed by atoms with Gasteiger partial charge in [0.05, 0.1) is 7.11 Å². The highest BCUT2D eigenvalue weighted by atomic mass is 16.5. The van der Waals surface area contributed by atoms with Crippen LogP contribution in [0, 0.1) is 0 Å². The first-order valence-electron chi connectivity index (χ1n) is 9.04. The monoisotopic (exact) mass is 363 g/mol. The third-order valence-corrected chi connectivity index (χ3v) is 5.40. The molecule has 4 rings (SSSR count). The molecule has 0 saturated carbocycles. The van der Waals surface area contributed by atoms with E-state index >= 15 is 0 Å². The third-order valence-electron chi connectivity index (χ3n) is 5.40. The van der Waals surface area contributed by atoms with Crippen LogP contribution in [0.1, 0.15) is 42.2 Å². The van der Waals surface area contributed by atoms with E-state index in [1.165, 1.54) is 0 Å². The average molecular weight is 363 g/mol. The van der Waals surface area contributed by atoms with Gasteiger partial charge in [-0.15, -0.1) is 0 Å². The summed E-state index contributed by atoms with van der Waals surface area (Å²) in [6.45, 7) is 0. The molecule has 1 aliphatic heterocycles. The molecule has 2 aromatic carbocycles. The maximum Gasteiger partial charge on any atom is 0.225 e. The summed E-state index contributed by atoms with van der Waals surface area (Å²) in [4.78, 5) is 25.3. The van der Waals surface area contributed by atoms with Gasteiger partial charge in [0.25, 0.3) is 0 Å². The number of carbonyl (C=O) groups is 2. The largest absolute Gasteiger partial charge is 0.508 e. The van der Waals surface area contributed by atoms with E-state index in [1.54, 1.807) is 31.4 Å². The molecule has 5 nitrogen and oxygen atoms in total. The first-order chi connectivity index (χ1) is 13.0. The zero-order valence-corrected chi connectivity index (χ0v) is 15.1. The summed E-state index contributed by atoms with van der Waals surface area (Å²) in [7, 11) is 1.62. The smallest absolute Gasteiger partial charge is 0.225 e. The normalized spacial score (nSPS) is 22.3. The zero-order chi connectivity index (χ0) is 19.0. The molecule has 0 bridgehead atoms. The lowest BCUT2D eigenvalue weighted by Gasteiger charge is -2.34. The number of nitrogens with one attached hydrogen (secondary N) is 1. The molecule has 2 unspecified atom stereocenters. The van der Waals surface area contributed by atoms with Crippen molar-refractivity contribution in [2.45, 2.75) is 31.1 Å². The van der Waals surface area contributed by atoms with Crippen molar-refractivity contribution in [3.8, 4) is 11.5 Å². The van der Waals surface area contributed by atoms with Crippen LogP contribution >= 0.6 is 0 Å². The van der Waals surface area contributed by atoms with Crippen LogP contribution in [0.25, 0.3) is 0 Å². The SMILES string of the molecule is COc1cccc(C2CC(=O)C3=C(C2)NC(=O)CC3c2ccc(O)cc2)c1. The number of allylic oxidation sites excluding steroid dienone is 2. The van der Waals surface area contributed by atoms with Crippen LogP contribution in [0.3, 0.4) is 0 Å². The Morgan fingerprint density at radius 3 is 2.52 bits per heavy atom. The Balaban J connectivity index is 1.69. The van der Waals surface area contributed by atoms with E-state index in [4.69, 9.17) is 4.74 Å². The second-order valence-corrected chi connectivity index (χ2v) is 7.09. The number of benzene rings is 2. The Labute approximate surface area is 157 Å². The predicted molar refractivity (Wildman–Crippen MR) is 101 cm³/mol. The second-order valence-electron chi connectivity index (χ2n) is 7.09. The van der Waals surface area contributed by atoms with Crippen molar-refractivity contribution in [2.24, 2.45) is 0 Å². The molecule has 138 valence electrons. The van der Waals surface area contributed by atoms with Crippen molar-refractivity contribution in [3.63, 3.8) is 0 Å². The summed E-state index contributed by atoms with van der Waals surface area (Å²) in [6.07, 6.45) is 1.28. The lowest BCUT2D eigenvalue weighted by Crippen LogP contribution is -2.38. The number of rotatable bonds is 3. The number of aromatic hydroxyl groups is 1. The molecule has 0 radical (unpaired) electrons. The topological polar surface area (TPSA) is 75.6 Å². The molecule has 0 fully saturated rings. The number of hydrogen-bond acceptors (Lipinski definition) is 4. The number of amides is 1. The Kier molecular flexibility index (Phi) is 4.44. The quantitative estimate of drug-likeness (QED) is 0.876. The van der Waals surface area contributed by atoms with E-state index in [9.17, 15) is 14.7 Å². The van der Waals surface area contributed by atoms with Gasteiger partial charge in [0.15, 0.2) is 5.78 Å². The van der Waals surface area contributed by atoms with Gasteiger partial charge in [-0.2, -0.15) is 0 Å². The fourth-order valence-electron chi connectivity index (χ4n) is 4.08. The van der Waals surface area contributed by atoms with Gasteiger partial charge in [0.2, 0.25) is 5.91 Å². The first kappa shape index (κ1) is 17.3. The van der Waals surface area contributed by atoms with Crippen LogP contribution in [0.5, 0.6) is 11.5 Å². The summed E-state index contributed by atoms with van der Waals surface area (Å²) < 4.78 is 5.29. The van der Waals surface area contributed by atoms with Crippen molar-refractivity contribution >= 4 is 11.7 Å². The van der Waals surface area contributed by atoms with Crippen LogP contribution in [0.2, 0.25) is 0 Å². The highest BCUT2D eigenvalue weighted by Gasteiger charge is 2.38. The van der Waals surface area contributed by atoms with Crippen LogP contribution in [0.4, 0.5) is 0 Å². The number of carbonyl (C=O) groups excluding carboxylic acids is 2. The number of Topliss-reactive ketones (excluding diaryl/α,β-unsaturated/α-hetero) is 1. The van der Waals surface area contributed by atoms with E-state index < -0.39 is 0 Å². The average Bonchev–Trinajstić information content (AvgIpc) is 2.67. The molecule has 2 N–H and O–H groups in total. The maximum atomic E-state index is 13.0. The molecular weight excluding hydrogens is 342 g/mol. The summed E-state index contributed by atoms with van der Waals surface area (Å²) in [6, 6.07) is 14.5. The number of ketones is 1. The lowest BCUT2D eigenvalue weighted by molar-refractivity contribution is -0.122. The fourth-order valence-corrected chi connectivity index (χ4v) is 4.08. The molecule has 0 aromatic heterocycles. The molecule has 1 heterocycles. The minimum atomic E-state index is -0.256. The number of methoxy groups -OCH3 is 1. The molecule has 27 heavy (non-hydrogen) atoms. The molecule has 1 amide bonds. The summed E-state index contributed by atoms with van der Waals surface area (Å²) in [5.41, 5.74) is 3.35. The van der Waals surface area contributed by atoms with E-state index in [2.05, 4.69) is 5.32 Å². The maximum absolute atomic E-state index is 13.0. The molecule has 0 saturated heterocycles. The lowest BCUT2D eigenvalue weighted by atomic mass is 9.73. The van der Waals surface area contributed by atoms with Gasteiger partial charge < -0.3 is 15.2 Å². The molecule has 2 aliphatic rings. The van der Waals surface area contributed by atoms with Gasteiger partial charge in [0, 0.05) is 30.0 Å². The molecule has 1 aliphatic carbocycles. The molecule has 0 spiro atoms. The van der Waals surface area contributed by atoms with Gasteiger partial charge in [-0.1, -0.05) is 24.3 Å². The molecule has 2 atom stereocenters. The predicted octanol–water partition coefficient (Wildman–Crippen LogP) is 3.41. The minimum absolute atomic E-state index is 0.0187. The van der Waals surface area contributed by atoms with Crippen molar-refractivity contribution < 1.29 is 19.4 Å². The first-order valence-corrected chi connectivity index (χ1v) is 9.04. The van der Waals surface area contributed by atoms with Gasteiger partial charge in [-0.3, -0.25) is 9.59 Å². The van der Waals surface area contributed by atoms with Crippen molar-refractivity contribution in [1.82, 2.24) is 5.32 Å². The van der Waals surface area contributed by atoms with Gasteiger partial charge in [0.1, 0.15) is 11.5 Å². The summed E-state index contributed by atoms with van der Waals surface area (Å²) in [5, 5.41) is 12.5. The van der Waals surface area contributed by atoms with Crippen LogP contribution in [0.15, 0.2) is 59.8 Å². The number of phenolic OH excluding ortho intramolecular Hbond substituents is 1. The number of ether oxygens (including phenoxy) is 1. The Morgan fingerprint density at radius 2 is 1.78 bits per heavy atom. The van der Waals surface area contributed by atoms with Crippen molar-refractivity contribution in [2.75, 3.05) is 7.11 Å². The highest BCUT2D eigenvalue weighted by Crippen LogP contribution is 2.43. The third kappa shape index (κ3) is 3.33. The van der Waals surface area contributed by atoms with E-state index in [1.807, 2.05) is 24.3 Å². The minimum Gasteiger partial charge on any atom is -0.508 e. The van der Waals surface area contributed by atoms with E-state index in [-0.39, 0.29) is 35.7 Å². The van der Waals surface area contributed by atoms with Crippen molar-refractivity contribution in [1.29, 1.82) is 0 Å². The standard InChI is InChI=1S/C22H21NO4/c1-27-17-4-2-3-14(9-17)15-10-19-22(20(25)11-15)18(12-21(26)23-19)13-5-7-16(24)8-6-13/h2-9,15,18,24H,10-12H2,1H3,(H,23,26). The van der Waals surface area contributed by atoms with Gasteiger partial charge >= 0.3 is 0 Å². The fraction of sp³-hybridized carbons (Fsp3) is 0.273. The van der Waals surface area contributed by atoms with Crippen molar-refractivity contribution in [3.05, 3.63) is 70.9 Å².